The number of fused-ring (bicyclic) bond motifs is 1. The van der Waals surface area contributed by atoms with Crippen LogP contribution in [0.3, 0.4) is 0 Å². The highest BCUT2D eigenvalue weighted by molar-refractivity contribution is 6.01. The molecular formula is C11H14N2O2. The van der Waals surface area contributed by atoms with Gasteiger partial charge in [0.2, 0.25) is 5.91 Å². The Labute approximate surface area is 88.3 Å². The molecule has 1 heterocycles. The molecule has 1 aromatic carbocycles. The number of aliphatic hydroxyl groups is 1. The third kappa shape index (κ3) is 1.86. The number of carbonyl (C=O) groups excluding carboxylic acids is 1. The largest absolute Gasteiger partial charge is 0.390 e. The summed E-state index contributed by atoms with van der Waals surface area (Å²) in [5.41, 5.74) is 7.25. The summed E-state index contributed by atoms with van der Waals surface area (Å²) in [7, 11) is 0. The maximum absolute atomic E-state index is 11.7. The van der Waals surface area contributed by atoms with Crippen LogP contribution in [-0.4, -0.2) is 30.2 Å². The van der Waals surface area contributed by atoms with Gasteiger partial charge < -0.3 is 15.7 Å². The molecule has 3 N–H and O–H groups in total. The first-order chi connectivity index (χ1) is 7.22. The molecule has 1 aliphatic heterocycles. The summed E-state index contributed by atoms with van der Waals surface area (Å²) in [6.45, 7) is 0.457. The number of anilines is 1. The van der Waals surface area contributed by atoms with E-state index in [1.54, 1.807) is 4.90 Å². The summed E-state index contributed by atoms with van der Waals surface area (Å²) in [4.78, 5) is 13.3. The Balaban J connectivity index is 2.22. The fourth-order valence-electron chi connectivity index (χ4n) is 1.80. The van der Waals surface area contributed by atoms with Crippen molar-refractivity contribution in [2.75, 3.05) is 18.0 Å². The van der Waals surface area contributed by atoms with Crippen molar-refractivity contribution in [3.8, 4) is 0 Å². The fraction of sp³-hybridized carbons (Fsp3) is 0.364. The van der Waals surface area contributed by atoms with Gasteiger partial charge in [0.05, 0.1) is 19.1 Å². The quantitative estimate of drug-likeness (QED) is 0.725. The second-order valence-corrected chi connectivity index (χ2v) is 3.70. The summed E-state index contributed by atoms with van der Waals surface area (Å²) in [5.74, 6) is 0.0312. The van der Waals surface area contributed by atoms with E-state index in [1.165, 1.54) is 0 Å². The highest BCUT2D eigenvalue weighted by Gasteiger charge is 2.27. The lowest BCUT2D eigenvalue weighted by molar-refractivity contribution is -0.117. The predicted octanol–water partition coefficient (Wildman–Crippen LogP) is -0.105. The molecule has 0 saturated heterocycles. The molecular weight excluding hydrogens is 192 g/mol. The molecule has 80 valence electrons. The van der Waals surface area contributed by atoms with E-state index >= 15 is 0 Å². The number of aliphatic hydroxyl groups excluding tert-OH is 1. The maximum atomic E-state index is 11.7. The molecule has 4 heteroatoms. The van der Waals surface area contributed by atoms with Crippen molar-refractivity contribution >= 4 is 11.6 Å². The van der Waals surface area contributed by atoms with E-state index in [9.17, 15) is 9.90 Å². The average Bonchev–Trinajstić information content (AvgIpc) is 2.55. The highest BCUT2D eigenvalue weighted by atomic mass is 16.3. The molecule has 0 bridgehead atoms. The first kappa shape index (κ1) is 10.1. The van der Waals surface area contributed by atoms with Crippen molar-refractivity contribution in [1.82, 2.24) is 0 Å². The van der Waals surface area contributed by atoms with Crippen molar-refractivity contribution in [1.29, 1.82) is 0 Å². The minimum Gasteiger partial charge on any atom is -0.390 e. The number of rotatable bonds is 3. The van der Waals surface area contributed by atoms with Crippen LogP contribution < -0.4 is 10.6 Å². The van der Waals surface area contributed by atoms with Gasteiger partial charge in [-0.05, 0) is 11.6 Å². The Morgan fingerprint density at radius 2 is 2.20 bits per heavy atom. The van der Waals surface area contributed by atoms with Gasteiger partial charge in [-0.25, -0.2) is 0 Å². The Bertz CT molecular complexity index is 379. The Kier molecular flexibility index (Phi) is 2.70. The van der Waals surface area contributed by atoms with Crippen molar-refractivity contribution in [3.63, 3.8) is 0 Å². The third-order valence-electron chi connectivity index (χ3n) is 2.59. The molecule has 0 fully saturated rings. The number of nitrogens with zero attached hydrogens (tertiary/aromatic N) is 1. The number of amides is 1. The van der Waals surface area contributed by atoms with Gasteiger partial charge in [0.15, 0.2) is 0 Å². The zero-order valence-electron chi connectivity index (χ0n) is 8.39. The molecule has 0 aliphatic carbocycles. The molecule has 0 spiro atoms. The molecule has 4 nitrogen and oxygen atoms in total. The number of benzene rings is 1. The van der Waals surface area contributed by atoms with Crippen LogP contribution >= 0.6 is 0 Å². The Morgan fingerprint density at radius 3 is 2.93 bits per heavy atom. The monoisotopic (exact) mass is 206 g/mol. The highest BCUT2D eigenvalue weighted by Crippen LogP contribution is 2.28. The van der Waals surface area contributed by atoms with Crippen LogP contribution in [0.2, 0.25) is 0 Å². The number of carbonyl (C=O) groups is 1. The molecule has 1 atom stereocenters. The molecule has 1 unspecified atom stereocenters. The minimum absolute atomic E-state index is 0.0312. The van der Waals surface area contributed by atoms with Gasteiger partial charge in [-0.1, -0.05) is 18.2 Å². The summed E-state index contributed by atoms with van der Waals surface area (Å²) in [6, 6.07) is 7.62. The zero-order chi connectivity index (χ0) is 10.8. The van der Waals surface area contributed by atoms with E-state index < -0.39 is 6.10 Å². The number of para-hydroxylation sites is 1. The molecule has 0 saturated carbocycles. The van der Waals surface area contributed by atoms with Crippen LogP contribution in [0.4, 0.5) is 5.69 Å². The third-order valence-corrected chi connectivity index (χ3v) is 2.59. The fourth-order valence-corrected chi connectivity index (χ4v) is 1.80. The van der Waals surface area contributed by atoms with E-state index in [1.807, 2.05) is 24.3 Å². The smallest absolute Gasteiger partial charge is 0.231 e. The van der Waals surface area contributed by atoms with Gasteiger partial charge in [-0.2, -0.15) is 0 Å². The number of hydrogen-bond acceptors (Lipinski definition) is 3. The Morgan fingerprint density at radius 1 is 1.47 bits per heavy atom. The average molecular weight is 206 g/mol. The van der Waals surface area contributed by atoms with Crippen molar-refractivity contribution < 1.29 is 9.90 Å². The van der Waals surface area contributed by atoms with Crippen molar-refractivity contribution in [2.45, 2.75) is 12.5 Å². The number of hydrogen-bond donors (Lipinski definition) is 2. The maximum Gasteiger partial charge on any atom is 0.231 e. The lowest BCUT2D eigenvalue weighted by atomic mass is 10.2. The van der Waals surface area contributed by atoms with Gasteiger partial charge in [0, 0.05) is 12.2 Å². The summed E-state index contributed by atoms with van der Waals surface area (Å²) < 4.78 is 0. The van der Waals surface area contributed by atoms with E-state index in [0.717, 1.165) is 11.3 Å². The van der Waals surface area contributed by atoms with Crippen LogP contribution in [0, 0.1) is 0 Å². The van der Waals surface area contributed by atoms with Gasteiger partial charge in [-0.15, -0.1) is 0 Å². The van der Waals surface area contributed by atoms with Gasteiger partial charge in [0.1, 0.15) is 0 Å². The van der Waals surface area contributed by atoms with Crippen LogP contribution in [0.15, 0.2) is 24.3 Å². The zero-order valence-corrected chi connectivity index (χ0v) is 8.39. The van der Waals surface area contributed by atoms with Gasteiger partial charge in [-0.3, -0.25) is 4.79 Å². The lowest BCUT2D eigenvalue weighted by Crippen LogP contribution is -2.38. The molecule has 0 aromatic heterocycles. The molecule has 1 aliphatic rings. The molecule has 1 amide bonds. The number of nitrogens with two attached hydrogens (primary N) is 1. The van der Waals surface area contributed by atoms with Gasteiger partial charge >= 0.3 is 0 Å². The van der Waals surface area contributed by atoms with Crippen LogP contribution in [-0.2, 0) is 11.2 Å². The normalized spacial score (nSPS) is 16.7. The lowest BCUT2D eigenvalue weighted by Gasteiger charge is -2.20. The van der Waals surface area contributed by atoms with Crippen molar-refractivity contribution in [2.24, 2.45) is 5.73 Å². The standard InChI is InChI=1S/C11H14N2O2/c12-6-9(14)7-13-10-4-2-1-3-8(10)5-11(13)15/h1-4,9,14H,5-7,12H2. The summed E-state index contributed by atoms with van der Waals surface area (Å²) in [5, 5.41) is 9.44. The second kappa shape index (κ2) is 4.00. The first-order valence-corrected chi connectivity index (χ1v) is 4.98. The van der Waals surface area contributed by atoms with E-state index in [4.69, 9.17) is 5.73 Å². The predicted molar refractivity (Wildman–Crippen MR) is 57.6 cm³/mol. The van der Waals surface area contributed by atoms with E-state index in [2.05, 4.69) is 0 Å². The SMILES string of the molecule is NCC(O)CN1C(=O)Cc2ccccc21. The van der Waals surface area contributed by atoms with Crippen LogP contribution in [0.5, 0.6) is 0 Å². The molecule has 2 rings (SSSR count). The second-order valence-electron chi connectivity index (χ2n) is 3.70. The summed E-state index contributed by atoms with van der Waals surface area (Å²) >= 11 is 0. The number of β-amino-alcohol motifs (C(OH)–C–C–N with tert-alkyl or cyclic N) is 1. The van der Waals surface area contributed by atoms with Crippen LogP contribution in [0.1, 0.15) is 5.56 Å². The molecule has 0 radical (unpaired) electrons. The molecule has 1 aromatic rings. The van der Waals surface area contributed by atoms with E-state index in [-0.39, 0.29) is 19.0 Å². The van der Waals surface area contributed by atoms with Gasteiger partial charge in [0.25, 0.3) is 0 Å². The summed E-state index contributed by atoms with van der Waals surface area (Å²) in [6.07, 6.45) is -0.229. The topological polar surface area (TPSA) is 66.6 Å². The Hall–Kier alpha value is -1.39. The van der Waals surface area contributed by atoms with Crippen LogP contribution in [0.25, 0.3) is 0 Å². The molecule has 15 heavy (non-hydrogen) atoms. The first-order valence-electron chi connectivity index (χ1n) is 4.98. The minimum atomic E-state index is -0.653. The van der Waals surface area contributed by atoms with Crippen molar-refractivity contribution in [3.05, 3.63) is 29.8 Å². The van der Waals surface area contributed by atoms with E-state index in [0.29, 0.717) is 6.42 Å².